The molecule has 2 aliphatic rings. The standard InChI is InChI=1S/C17H27N3/c1-2-8-19-17(3-1)13-15-4-6-16(7-5-15)14-20-11-9-18-10-12-20/h4-7,17-19H,1-3,8-14H2. The first-order valence-electron chi connectivity index (χ1n) is 8.14. The number of nitrogens with one attached hydrogen (secondary N) is 2. The lowest BCUT2D eigenvalue weighted by Crippen LogP contribution is -2.42. The maximum absolute atomic E-state index is 3.63. The van der Waals surface area contributed by atoms with Gasteiger partial charge in [-0.15, -0.1) is 0 Å². The molecule has 3 heteroatoms. The summed E-state index contributed by atoms with van der Waals surface area (Å²) in [6.07, 6.45) is 5.26. The van der Waals surface area contributed by atoms with Gasteiger partial charge in [-0.3, -0.25) is 4.90 Å². The third-order valence-electron chi connectivity index (χ3n) is 4.53. The van der Waals surface area contributed by atoms with Crippen molar-refractivity contribution in [3.63, 3.8) is 0 Å². The van der Waals surface area contributed by atoms with Crippen LogP contribution in [0.5, 0.6) is 0 Å². The Bertz CT molecular complexity index is 350. The highest BCUT2D eigenvalue weighted by Crippen LogP contribution is 2.14. The molecule has 2 heterocycles. The number of hydrogen-bond acceptors (Lipinski definition) is 3. The molecule has 2 N–H and O–H groups in total. The molecule has 0 aromatic heterocycles. The van der Waals surface area contributed by atoms with Gasteiger partial charge >= 0.3 is 0 Å². The number of piperazine rings is 1. The lowest BCUT2D eigenvalue weighted by molar-refractivity contribution is 0.233. The predicted molar refractivity (Wildman–Crippen MR) is 83.9 cm³/mol. The molecule has 1 aromatic carbocycles. The molecule has 0 spiro atoms. The fraction of sp³-hybridized carbons (Fsp3) is 0.647. The van der Waals surface area contributed by atoms with Crippen LogP contribution in [0, 0.1) is 0 Å². The molecule has 2 fully saturated rings. The van der Waals surface area contributed by atoms with E-state index in [9.17, 15) is 0 Å². The summed E-state index contributed by atoms with van der Waals surface area (Å²) >= 11 is 0. The van der Waals surface area contributed by atoms with Crippen molar-refractivity contribution in [3.8, 4) is 0 Å². The highest BCUT2D eigenvalue weighted by atomic mass is 15.2. The molecule has 0 aliphatic carbocycles. The van der Waals surface area contributed by atoms with Crippen LogP contribution in [-0.2, 0) is 13.0 Å². The van der Waals surface area contributed by atoms with Gasteiger partial charge in [0.05, 0.1) is 0 Å². The summed E-state index contributed by atoms with van der Waals surface area (Å²) in [5, 5.41) is 7.04. The van der Waals surface area contributed by atoms with Crippen molar-refractivity contribution in [2.24, 2.45) is 0 Å². The molecule has 3 nitrogen and oxygen atoms in total. The predicted octanol–water partition coefficient (Wildman–Crippen LogP) is 1.78. The van der Waals surface area contributed by atoms with Crippen LogP contribution in [0.4, 0.5) is 0 Å². The van der Waals surface area contributed by atoms with Gasteiger partial charge in [-0.05, 0) is 36.9 Å². The Labute approximate surface area is 122 Å². The molecule has 3 rings (SSSR count). The molecule has 1 aromatic rings. The van der Waals surface area contributed by atoms with Crippen molar-refractivity contribution in [3.05, 3.63) is 35.4 Å². The molecular weight excluding hydrogens is 246 g/mol. The summed E-state index contributed by atoms with van der Waals surface area (Å²) in [4.78, 5) is 2.54. The number of hydrogen-bond donors (Lipinski definition) is 2. The van der Waals surface area contributed by atoms with Crippen molar-refractivity contribution < 1.29 is 0 Å². The first kappa shape index (κ1) is 14.1. The minimum absolute atomic E-state index is 0.697. The van der Waals surface area contributed by atoms with Crippen molar-refractivity contribution in [2.45, 2.75) is 38.3 Å². The summed E-state index contributed by atoms with van der Waals surface area (Å²) in [6.45, 7) is 6.91. The molecule has 0 radical (unpaired) electrons. The summed E-state index contributed by atoms with van der Waals surface area (Å²) < 4.78 is 0. The minimum atomic E-state index is 0.697. The van der Waals surface area contributed by atoms with Gasteiger partial charge in [0.1, 0.15) is 0 Å². The van der Waals surface area contributed by atoms with Crippen molar-refractivity contribution >= 4 is 0 Å². The third kappa shape index (κ3) is 4.05. The number of piperidine rings is 1. The van der Waals surface area contributed by atoms with E-state index < -0.39 is 0 Å². The SMILES string of the molecule is c1cc(CN2CCNCC2)ccc1CC1CCCCN1. The quantitative estimate of drug-likeness (QED) is 0.875. The first-order valence-corrected chi connectivity index (χ1v) is 8.14. The second-order valence-electron chi connectivity index (χ2n) is 6.19. The van der Waals surface area contributed by atoms with Crippen molar-refractivity contribution in [1.29, 1.82) is 0 Å². The van der Waals surface area contributed by atoms with Gasteiger partial charge in [0, 0.05) is 38.8 Å². The van der Waals surface area contributed by atoms with Crippen LogP contribution < -0.4 is 10.6 Å². The van der Waals surface area contributed by atoms with E-state index >= 15 is 0 Å². The van der Waals surface area contributed by atoms with Crippen LogP contribution in [0.25, 0.3) is 0 Å². The Balaban J connectivity index is 1.51. The Morgan fingerprint density at radius 1 is 0.950 bits per heavy atom. The first-order chi connectivity index (χ1) is 9.90. The zero-order valence-corrected chi connectivity index (χ0v) is 12.4. The van der Waals surface area contributed by atoms with E-state index in [2.05, 4.69) is 39.8 Å². The topological polar surface area (TPSA) is 27.3 Å². The average Bonchev–Trinajstić information content (AvgIpc) is 2.51. The molecule has 2 saturated heterocycles. The van der Waals surface area contributed by atoms with E-state index in [0.29, 0.717) is 6.04 Å². The van der Waals surface area contributed by atoms with Crippen LogP contribution in [0.3, 0.4) is 0 Å². The Morgan fingerprint density at radius 3 is 2.40 bits per heavy atom. The summed E-state index contributed by atoms with van der Waals surface area (Å²) in [5.41, 5.74) is 2.93. The number of benzene rings is 1. The van der Waals surface area contributed by atoms with E-state index in [4.69, 9.17) is 0 Å². The van der Waals surface area contributed by atoms with Crippen LogP contribution in [-0.4, -0.2) is 43.7 Å². The zero-order valence-electron chi connectivity index (χ0n) is 12.4. The Morgan fingerprint density at radius 2 is 1.70 bits per heavy atom. The van der Waals surface area contributed by atoms with E-state index in [1.807, 2.05) is 0 Å². The van der Waals surface area contributed by atoms with Crippen LogP contribution in [0.2, 0.25) is 0 Å². The zero-order chi connectivity index (χ0) is 13.6. The van der Waals surface area contributed by atoms with Crippen molar-refractivity contribution in [2.75, 3.05) is 32.7 Å². The summed E-state index contributed by atoms with van der Waals surface area (Å²) in [7, 11) is 0. The highest BCUT2D eigenvalue weighted by Gasteiger charge is 2.13. The molecule has 0 amide bonds. The summed E-state index contributed by atoms with van der Waals surface area (Å²) in [5.74, 6) is 0. The third-order valence-corrected chi connectivity index (χ3v) is 4.53. The van der Waals surface area contributed by atoms with Gasteiger partial charge in [0.25, 0.3) is 0 Å². The van der Waals surface area contributed by atoms with Gasteiger partial charge in [0.2, 0.25) is 0 Å². The number of rotatable bonds is 4. The van der Waals surface area contributed by atoms with Crippen molar-refractivity contribution in [1.82, 2.24) is 15.5 Å². The molecule has 20 heavy (non-hydrogen) atoms. The van der Waals surface area contributed by atoms with Crippen LogP contribution in [0.15, 0.2) is 24.3 Å². The fourth-order valence-corrected chi connectivity index (χ4v) is 3.29. The molecule has 110 valence electrons. The largest absolute Gasteiger partial charge is 0.314 e. The monoisotopic (exact) mass is 273 g/mol. The minimum Gasteiger partial charge on any atom is -0.314 e. The molecule has 2 aliphatic heterocycles. The van der Waals surface area contributed by atoms with Gasteiger partial charge in [0.15, 0.2) is 0 Å². The maximum Gasteiger partial charge on any atom is 0.0234 e. The fourth-order valence-electron chi connectivity index (χ4n) is 3.29. The van der Waals surface area contributed by atoms with E-state index in [-0.39, 0.29) is 0 Å². The maximum atomic E-state index is 3.63. The molecule has 1 atom stereocenters. The Hall–Kier alpha value is -0.900. The second-order valence-corrected chi connectivity index (χ2v) is 6.19. The smallest absolute Gasteiger partial charge is 0.0234 e. The lowest BCUT2D eigenvalue weighted by Gasteiger charge is -2.27. The average molecular weight is 273 g/mol. The summed E-state index contributed by atoms with van der Waals surface area (Å²) in [6, 6.07) is 9.99. The van der Waals surface area contributed by atoms with Crippen LogP contribution >= 0.6 is 0 Å². The van der Waals surface area contributed by atoms with E-state index in [1.54, 1.807) is 0 Å². The normalized spacial score (nSPS) is 24.7. The van der Waals surface area contributed by atoms with E-state index in [1.165, 1.54) is 56.4 Å². The molecule has 0 bridgehead atoms. The molecule has 0 saturated carbocycles. The highest BCUT2D eigenvalue weighted by molar-refractivity contribution is 5.23. The second kappa shape index (κ2) is 7.21. The lowest BCUT2D eigenvalue weighted by atomic mass is 9.97. The van der Waals surface area contributed by atoms with Gasteiger partial charge < -0.3 is 10.6 Å². The van der Waals surface area contributed by atoms with E-state index in [0.717, 1.165) is 19.6 Å². The van der Waals surface area contributed by atoms with Gasteiger partial charge in [-0.25, -0.2) is 0 Å². The van der Waals surface area contributed by atoms with Gasteiger partial charge in [-0.1, -0.05) is 30.7 Å². The molecular formula is C17H27N3. The Kier molecular flexibility index (Phi) is 5.06. The van der Waals surface area contributed by atoms with Gasteiger partial charge in [-0.2, -0.15) is 0 Å². The molecule has 1 unspecified atom stereocenters. The van der Waals surface area contributed by atoms with Crippen LogP contribution in [0.1, 0.15) is 30.4 Å². The number of nitrogens with zero attached hydrogens (tertiary/aromatic N) is 1.